The molecule has 0 atom stereocenters. The van der Waals surface area contributed by atoms with Crippen LogP contribution in [0, 0.1) is 0 Å². The number of methoxy groups -OCH3 is 1. The number of fused-ring (bicyclic) bond motifs is 3. The number of hydrogen-bond donors (Lipinski definition) is 1. The lowest BCUT2D eigenvalue weighted by Crippen LogP contribution is -2.41. The molecule has 0 aliphatic rings. The van der Waals surface area contributed by atoms with Crippen LogP contribution in [0.3, 0.4) is 0 Å². The number of thioether (sulfide) groups is 1. The van der Waals surface area contributed by atoms with Gasteiger partial charge in [-0.25, -0.2) is 4.98 Å². The van der Waals surface area contributed by atoms with Gasteiger partial charge in [0, 0.05) is 16.5 Å². The predicted octanol–water partition coefficient (Wildman–Crippen LogP) is 3.96. The number of carbonyl (C=O) groups excluding carboxylic acids is 1. The second kappa shape index (κ2) is 7.95. The summed E-state index contributed by atoms with van der Waals surface area (Å²) in [5.74, 6) is 1.68. The molecule has 4 rings (SSSR count). The molecular weight excluding hydrogens is 398 g/mol. The standard InChI is InChI=1S/C22H23N5O2S/c1-22(2,3)24-18(28)13-30-21-26-25-20-16-7-5-6-8-17(16)23-19(27(20)21)14-9-11-15(29-4)12-10-14/h5-12H,13H2,1-4H3,(H,24,28). The number of para-hydroxylation sites is 1. The lowest BCUT2D eigenvalue weighted by Gasteiger charge is -2.20. The van der Waals surface area contributed by atoms with Crippen molar-refractivity contribution in [3.05, 3.63) is 48.5 Å². The zero-order valence-corrected chi connectivity index (χ0v) is 18.2. The van der Waals surface area contributed by atoms with Crippen LogP contribution in [0.2, 0.25) is 0 Å². The van der Waals surface area contributed by atoms with Crippen LogP contribution in [0.25, 0.3) is 27.9 Å². The van der Waals surface area contributed by atoms with E-state index in [9.17, 15) is 4.79 Å². The molecule has 0 bridgehead atoms. The molecule has 154 valence electrons. The van der Waals surface area contributed by atoms with Crippen LogP contribution in [0.4, 0.5) is 0 Å². The Morgan fingerprint density at radius 1 is 1.10 bits per heavy atom. The smallest absolute Gasteiger partial charge is 0.230 e. The Labute approximate surface area is 178 Å². The fourth-order valence-corrected chi connectivity index (χ4v) is 3.90. The van der Waals surface area contributed by atoms with E-state index in [4.69, 9.17) is 9.72 Å². The van der Waals surface area contributed by atoms with Gasteiger partial charge in [-0.2, -0.15) is 0 Å². The highest BCUT2D eigenvalue weighted by Crippen LogP contribution is 2.29. The van der Waals surface area contributed by atoms with Crippen LogP contribution in [0.1, 0.15) is 20.8 Å². The first kappa shape index (κ1) is 20.2. The molecule has 7 nitrogen and oxygen atoms in total. The number of amides is 1. The fourth-order valence-electron chi connectivity index (χ4n) is 3.17. The first-order chi connectivity index (χ1) is 14.4. The molecular formula is C22H23N5O2S. The summed E-state index contributed by atoms with van der Waals surface area (Å²) < 4.78 is 7.19. The molecule has 1 amide bonds. The number of carbonyl (C=O) groups is 1. The zero-order valence-electron chi connectivity index (χ0n) is 17.3. The molecule has 0 aliphatic heterocycles. The SMILES string of the molecule is COc1ccc(-c2nc3ccccc3c3nnc(SCC(=O)NC(C)(C)C)n23)cc1. The maximum Gasteiger partial charge on any atom is 0.230 e. The second-order valence-corrected chi connectivity index (χ2v) is 8.85. The maximum atomic E-state index is 12.3. The van der Waals surface area contributed by atoms with Crippen molar-refractivity contribution in [1.29, 1.82) is 0 Å². The molecule has 0 aliphatic carbocycles. The number of aromatic nitrogens is 4. The molecule has 0 saturated heterocycles. The zero-order chi connectivity index (χ0) is 21.3. The monoisotopic (exact) mass is 421 g/mol. The summed E-state index contributed by atoms with van der Waals surface area (Å²) in [6.45, 7) is 5.87. The normalized spacial score (nSPS) is 11.7. The quantitative estimate of drug-likeness (QED) is 0.491. The summed E-state index contributed by atoms with van der Waals surface area (Å²) in [5.41, 5.74) is 2.18. The van der Waals surface area contributed by atoms with E-state index in [-0.39, 0.29) is 17.2 Å². The van der Waals surface area contributed by atoms with E-state index in [1.807, 2.05) is 73.7 Å². The third kappa shape index (κ3) is 4.09. The molecule has 0 fully saturated rings. The van der Waals surface area contributed by atoms with E-state index >= 15 is 0 Å². The number of benzene rings is 2. The average molecular weight is 422 g/mol. The van der Waals surface area contributed by atoms with Gasteiger partial charge in [-0.1, -0.05) is 23.9 Å². The first-order valence-corrected chi connectivity index (χ1v) is 10.6. The summed E-state index contributed by atoms with van der Waals surface area (Å²) in [4.78, 5) is 17.2. The topological polar surface area (TPSA) is 81.4 Å². The van der Waals surface area contributed by atoms with E-state index in [1.165, 1.54) is 11.8 Å². The van der Waals surface area contributed by atoms with Gasteiger partial charge in [0.05, 0.1) is 18.4 Å². The van der Waals surface area contributed by atoms with Crippen LogP contribution in [0.5, 0.6) is 5.75 Å². The van der Waals surface area contributed by atoms with Crippen molar-refractivity contribution in [1.82, 2.24) is 24.9 Å². The second-order valence-electron chi connectivity index (χ2n) is 7.91. The molecule has 1 N–H and O–H groups in total. The summed E-state index contributed by atoms with van der Waals surface area (Å²) >= 11 is 1.34. The Morgan fingerprint density at radius 3 is 2.53 bits per heavy atom. The molecule has 30 heavy (non-hydrogen) atoms. The molecule has 2 heterocycles. The summed E-state index contributed by atoms with van der Waals surface area (Å²) in [5, 5.41) is 13.3. The van der Waals surface area contributed by atoms with Crippen molar-refractivity contribution in [3.63, 3.8) is 0 Å². The lowest BCUT2D eigenvalue weighted by molar-refractivity contribution is -0.119. The van der Waals surface area contributed by atoms with Crippen molar-refractivity contribution in [2.75, 3.05) is 12.9 Å². The molecule has 2 aromatic carbocycles. The summed E-state index contributed by atoms with van der Waals surface area (Å²) in [7, 11) is 1.64. The van der Waals surface area contributed by atoms with Crippen LogP contribution in [-0.2, 0) is 4.79 Å². The highest BCUT2D eigenvalue weighted by atomic mass is 32.2. The van der Waals surface area contributed by atoms with E-state index < -0.39 is 0 Å². The number of nitrogens with zero attached hydrogens (tertiary/aromatic N) is 4. The fraction of sp³-hybridized carbons (Fsp3) is 0.273. The van der Waals surface area contributed by atoms with Crippen molar-refractivity contribution in [2.24, 2.45) is 0 Å². The van der Waals surface area contributed by atoms with E-state index in [0.717, 1.165) is 28.0 Å². The molecule has 0 saturated carbocycles. The molecule has 0 unspecified atom stereocenters. The molecule has 4 aromatic rings. The third-order valence-electron chi connectivity index (χ3n) is 4.41. The minimum absolute atomic E-state index is 0.0519. The van der Waals surface area contributed by atoms with Crippen molar-refractivity contribution in [3.8, 4) is 17.1 Å². The van der Waals surface area contributed by atoms with Crippen molar-refractivity contribution >= 4 is 34.2 Å². The Morgan fingerprint density at radius 2 is 1.83 bits per heavy atom. The Bertz CT molecular complexity index is 1210. The maximum absolute atomic E-state index is 12.3. The number of hydrogen-bond acceptors (Lipinski definition) is 6. The highest BCUT2D eigenvalue weighted by molar-refractivity contribution is 7.99. The van der Waals surface area contributed by atoms with Crippen LogP contribution in [0.15, 0.2) is 53.7 Å². The predicted molar refractivity (Wildman–Crippen MR) is 119 cm³/mol. The largest absolute Gasteiger partial charge is 0.497 e. The molecule has 8 heteroatoms. The van der Waals surface area contributed by atoms with Crippen molar-refractivity contribution < 1.29 is 9.53 Å². The minimum atomic E-state index is -0.281. The third-order valence-corrected chi connectivity index (χ3v) is 5.34. The lowest BCUT2D eigenvalue weighted by atomic mass is 10.1. The van der Waals surface area contributed by atoms with Gasteiger partial charge in [0.25, 0.3) is 0 Å². The van der Waals surface area contributed by atoms with Crippen LogP contribution >= 0.6 is 11.8 Å². The van der Waals surface area contributed by atoms with Gasteiger partial charge in [-0.3, -0.25) is 9.20 Å². The van der Waals surface area contributed by atoms with Gasteiger partial charge in [0.2, 0.25) is 5.91 Å². The van der Waals surface area contributed by atoms with E-state index in [0.29, 0.717) is 10.8 Å². The van der Waals surface area contributed by atoms with Crippen LogP contribution < -0.4 is 10.1 Å². The Hall–Kier alpha value is -3.13. The average Bonchev–Trinajstić information content (AvgIpc) is 3.15. The van der Waals surface area contributed by atoms with Gasteiger partial charge in [-0.15, -0.1) is 10.2 Å². The summed E-state index contributed by atoms with van der Waals surface area (Å²) in [6.07, 6.45) is 0. The molecule has 0 spiro atoms. The summed E-state index contributed by atoms with van der Waals surface area (Å²) in [6, 6.07) is 15.5. The Kier molecular flexibility index (Phi) is 5.34. The highest BCUT2D eigenvalue weighted by Gasteiger charge is 2.19. The number of rotatable bonds is 5. The van der Waals surface area contributed by atoms with Gasteiger partial charge in [-0.05, 0) is 57.2 Å². The van der Waals surface area contributed by atoms with Gasteiger partial charge >= 0.3 is 0 Å². The Balaban J connectivity index is 1.80. The van der Waals surface area contributed by atoms with E-state index in [2.05, 4.69) is 15.5 Å². The van der Waals surface area contributed by atoms with Gasteiger partial charge in [0.1, 0.15) is 11.6 Å². The molecule has 2 aromatic heterocycles. The first-order valence-electron chi connectivity index (χ1n) is 9.58. The van der Waals surface area contributed by atoms with Gasteiger partial charge in [0.15, 0.2) is 10.8 Å². The van der Waals surface area contributed by atoms with E-state index in [1.54, 1.807) is 7.11 Å². The van der Waals surface area contributed by atoms with Gasteiger partial charge < -0.3 is 10.1 Å². The number of ether oxygens (including phenoxy) is 1. The molecule has 0 radical (unpaired) electrons. The number of nitrogens with one attached hydrogen (secondary N) is 1. The minimum Gasteiger partial charge on any atom is -0.497 e. The van der Waals surface area contributed by atoms with Crippen molar-refractivity contribution in [2.45, 2.75) is 31.5 Å². The van der Waals surface area contributed by atoms with Crippen LogP contribution in [-0.4, -0.2) is 43.9 Å².